The van der Waals surface area contributed by atoms with Crippen LogP contribution in [0.4, 0.5) is 11.5 Å². The summed E-state index contributed by atoms with van der Waals surface area (Å²) in [5.74, 6) is 0.983. The fourth-order valence-corrected chi connectivity index (χ4v) is 3.08. The van der Waals surface area contributed by atoms with Crippen LogP contribution in [0.3, 0.4) is 0 Å². The van der Waals surface area contributed by atoms with Gasteiger partial charge in [-0.2, -0.15) is 5.10 Å². The lowest BCUT2D eigenvalue weighted by Crippen LogP contribution is -2.33. The number of amides is 1. The first-order chi connectivity index (χ1) is 12.7. The lowest BCUT2D eigenvalue weighted by Gasteiger charge is -2.18. The van der Waals surface area contributed by atoms with Crippen molar-refractivity contribution in [2.75, 3.05) is 17.6 Å². The molecule has 1 fully saturated rings. The number of nitrogens with zero attached hydrogens (tertiary/aromatic N) is 5. The van der Waals surface area contributed by atoms with Gasteiger partial charge in [0.15, 0.2) is 11.6 Å². The van der Waals surface area contributed by atoms with Crippen LogP contribution in [-0.2, 0) is 11.3 Å². The standard InChI is InChI=1S/C18H19N7O/c19-15-16(20-12-21-17(15)25-9-4-8-22-25)23-14-7-10-24(18(14)26)11-13-5-2-1-3-6-13/h1-6,8-9,12,14H,7,10-11,19H2,(H,20,21,23)/t14-/m0/s1. The van der Waals surface area contributed by atoms with Gasteiger partial charge in [-0.1, -0.05) is 30.3 Å². The number of hydrogen-bond acceptors (Lipinski definition) is 6. The molecule has 1 aromatic carbocycles. The van der Waals surface area contributed by atoms with E-state index in [1.54, 1.807) is 23.1 Å². The minimum Gasteiger partial charge on any atom is -0.393 e. The number of nitrogens with two attached hydrogens (primary N) is 1. The zero-order valence-corrected chi connectivity index (χ0v) is 14.1. The summed E-state index contributed by atoms with van der Waals surface area (Å²) in [4.78, 5) is 22.9. The van der Waals surface area contributed by atoms with Crippen molar-refractivity contribution < 1.29 is 4.79 Å². The predicted molar refractivity (Wildman–Crippen MR) is 97.5 cm³/mol. The molecule has 132 valence electrons. The molecule has 8 heteroatoms. The molecule has 0 unspecified atom stereocenters. The Hall–Kier alpha value is -3.42. The second-order valence-corrected chi connectivity index (χ2v) is 6.14. The molecule has 8 nitrogen and oxygen atoms in total. The zero-order valence-electron chi connectivity index (χ0n) is 14.1. The minimum absolute atomic E-state index is 0.0486. The smallest absolute Gasteiger partial charge is 0.245 e. The predicted octanol–water partition coefficient (Wildman–Crippen LogP) is 1.46. The third-order valence-electron chi connectivity index (χ3n) is 4.41. The number of carbonyl (C=O) groups is 1. The largest absolute Gasteiger partial charge is 0.393 e. The highest BCUT2D eigenvalue weighted by Crippen LogP contribution is 2.24. The fraction of sp³-hybridized carbons (Fsp3) is 0.222. The molecule has 1 aliphatic rings. The summed E-state index contributed by atoms with van der Waals surface area (Å²) in [6, 6.07) is 11.4. The van der Waals surface area contributed by atoms with E-state index in [0.717, 1.165) is 5.56 Å². The summed E-state index contributed by atoms with van der Waals surface area (Å²) in [7, 11) is 0. The molecule has 4 rings (SSSR count). The zero-order chi connectivity index (χ0) is 17.9. The molecule has 0 radical (unpaired) electrons. The van der Waals surface area contributed by atoms with E-state index < -0.39 is 0 Å². The maximum absolute atomic E-state index is 12.7. The van der Waals surface area contributed by atoms with E-state index in [9.17, 15) is 4.79 Å². The van der Waals surface area contributed by atoms with Crippen molar-refractivity contribution in [1.82, 2.24) is 24.6 Å². The normalized spacial score (nSPS) is 16.8. The quantitative estimate of drug-likeness (QED) is 0.723. The van der Waals surface area contributed by atoms with Crippen LogP contribution >= 0.6 is 0 Å². The molecule has 1 saturated heterocycles. The van der Waals surface area contributed by atoms with Gasteiger partial charge in [0.25, 0.3) is 0 Å². The Labute approximate surface area is 150 Å². The van der Waals surface area contributed by atoms with Gasteiger partial charge in [0.05, 0.1) is 0 Å². The van der Waals surface area contributed by atoms with Gasteiger partial charge in [0.2, 0.25) is 5.91 Å². The fourth-order valence-electron chi connectivity index (χ4n) is 3.08. The summed E-state index contributed by atoms with van der Waals surface area (Å²) in [6.45, 7) is 1.30. The molecule has 3 N–H and O–H groups in total. The van der Waals surface area contributed by atoms with Gasteiger partial charge in [0, 0.05) is 25.5 Å². The molecule has 0 bridgehead atoms. The number of carbonyl (C=O) groups excluding carboxylic acids is 1. The number of benzene rings is 1. The average molecular weight is 349 g/mol. The van der Waals surface area contributed by atoms with Gasteiger partial charge in [-0.15, -0.1) is 0 Å². The highest BCUT2D eigenvalue weighted by molar-refractivity contribution is 5.87. The Kier molecular flexibility index (Phi) is 4.22. The van der Waals surface area contributed by atoms with Crippen LogP contribution in [0.25, 0.3) is 5.82 Å². The Balaban J connectivity index is 1.48. The summed E-state index contributed by atoms with van der Waals surface area (Å²) in [5, 5.41) is 7.31. The molecular formula is C18H19N7O. The SMILES string of the molecule is Nc1c(N[C@H]2CCN(Cc3ccccc3)C2=O)ncnc1-n1cccn1. The Bertz CT molecular complexity index is 895. The summed E-state index contributed by atoms with van der Waals surface area (Å²) >= 11 is 0. The van der Waals surface area contributed by atoms with E-state index in [2.05, 4.69) is 20.4 Å². The maximum atomic E-state index is 12.7. The van der Waals surface area contributed by atoms with Crippen molar-refractivity contribution in [2.45, 2.75) is 19.0 Å². The van der Waals surface area contributed by atoms with Gasteiger partial charge in [-0.25, -0.2) is 14.6 Å². The topological polar surface area (TPSA) is 102 Å². The van der Waals surface area contributed by atoms with Crippen molar-refractivity contribution in [3.05, 3.63) is 60.7 Å². The first-order valence-corrected chi connectivity index (χ1v) is 8.42. The lowest BCUT2D eigenvalue weighted by atomic mass is 10.2. The third kappa shape index (κ3) is 3.08. The highest BCUT2D eigenvalue weighted by Gasteiger charge is 2.32. The van der Waals surface area contributed by atoms with Crippen LogP contribution in [-0.4, -0.2) is 43.1 Å². The van der Waals surface area contributed by atoms with Gasteiger partial charge >= 0.3 is 0 Å². The second kappa shape index (κ2) is 6.83. The van der Waals surface area contributed by atoms with Crippen molar-refractivity contribution >= 4 is 17.4 Å². The number of rotatable bonds is 5. The lowest BCUT2D eigenvalue weighted by molar-refractivity contribution is -0.128. The highest BCUT2D eigenvalue weighted by atomic mass is 16.2. The molecule has 3 aromatic rings. The van der Waals surface area contributed by atoms with E-state index in [-0.39, 0.29) is 11.9 Å². The maximum Gasteiger partial charge on any atom is 0.245 e. The second-order valence-electron chi connectivity index (χ2n) is 6.14. The van der Waals surface area contributed by atoms with Gasteiger partial charge < -0.3 is 16.0 Å². The number of nitrogens with one attached hydrogen (secondary N) is 1. The summed E-state index contributed by atoms with van der Waals surface area (Å²) < 4.78 is 1.57. The number of anilines is 2. The van der Waals surface area contributed by atoms with Crippen LogP contribution in [0.2, 0.25) is 0 Å². The molecule has 26 heavy (non-hydrogen) atoms. The molecule has 0 aliphatic carbocycles. The number of aromatic nitrogens is 4. The van der Waals surface area contributed by atoms with E-state index in [0.29, 0.717) is 36.8 Å². The number of likely N-dealkylation sites (tertiary alicyclic amines) is 1. The van der Waals surface area contributed by atoms with Crippen molar-refractivity contribution in [3.63, 3.8) is 0 Å². The van der Waals surface area contributed by atoms with Crippen LogP contribution in [0, 0.1) is 0 Å². The van der Waals surface area contributed by atoms with E-state index in [1.165, 1.54) is 6.33 Å². The van der Waals surface area contributed by atoms with Crippen LogP contribution < -0.4 is 11.1 Å². The molecule has 0 spiro atoms. The Morgan fingerprint density at radius 3 is 2.81 bits per heavy atom. The first-order valence-electron chi connectivity index (χ1n) is 8.42. The molecule has 1 aliphatic heterocycles. The molecule has 1 atom stereocenters. The first kappa shape index (κ1) is 16.1. The molecular weight excluding hydrogens is 330 g/mol. The van der Waals surface area contributed by atoms with Crippen LogP contribution in [0.5, 0.6) is 0 Å². The van der Waals surface area contributed by atoms with Gasteiger partial charge in [-0.3, -0.25) is 4.79 Å². The van der Waals surface area contributed by atoms with E-state index in [1.807, 2.05) is 35.2 Å². The molecule has 3 heterocycles. The molecule has 0 saturated carbocycles. The third-order valence-corrected chi connectivity index (χ3v) is 4.41. The van der Waals surface area contributed by atoms with Crippen LogP contribution in [0.1, 0.15) is 12.0 Å². The minimum atomic E-state index is -0.346. The van der Waals surface area contributed by atoms with E-state index in [4.69, 9.17) is 5.73 Å². The summed E-state index contributed by atoms with van der Waals surface area (Å²) in [6.07, 6.45) is 5.52. The van der Waals surface area contributed by atoms with Crippen LogP contribution in [0.15, 0.2) is 55.1 Å². The monoisotopic (exact) mass is 349 g/mol. The van der Waals surface area contributed by atoms with Crippen molar-refractivity contribution in [2.24, 2.45) is 0 Å². The van der Waals surface area contributed by atoms with Gasteiger partial charge in [0.1, 0.15) is 18.1 Å². The van der Waals surface area contributed by atoms with Gasteiger partial charge in [-0.05, 0) is 18.1 Å². The Morgan fingerprint density at radius 1 is 1.19 bits per heavy atom. The average Bonchev–Trinajstić information content (AvgIpc) is 3.30. The summed E-state index contributed by atoms with van der Waals surface area (Å²) in [5.41, 5.74) is 7.66. The number of nitrogen functional groups attached to an aromatic ring is 1. The Morgan fingerprint density at radius 2 is 2.04 bits per heavy atom. The molecule has 1 amide bonds. The number of hydrogen-bond donors (Lipinski definition) is 2. The molecule has 2 aromatic heterocycles. The van der Waals surface area contributed by atoms with Crippen molar-refractivity contribution in [3.8, 4) is 5.82 Å². The van der Waals surface area contributed by atoms with E-state index >= 15 is 0 Å². The van der Waals surface area contributed by atoms with Crippen molar-refractivity contribution in [1.29, 1.82) is 0 Å².